The van der Waals surface area contributed by atoms with E-state index in [0.717, 1.165) is 17.0 Å². The summed E-state index contributed by atoms with van der Waals surface area (Å²) in [6.45, 7) is 2.91. The number of nitrogens with one attached hydrogen (secondary N) is 2. The molecule has 0 bridgehead atoms. The summed E-state index contributed by atoms with van der Waals surface area (Å²) in [6, 6.07) is 7.66. The van der Waals surface area contributed by atoms with E-state index in [1.165, 1.54) is 6.20 Å². The number of amides is 1. The predicted molar refractivity (Wildman–Crippen MR) is 102 cm³/mol. The molecule has 0 fully saturated rings. The number of nitrogens with two attached hydrogens (primary N) is 1. The van der Waals surface area contributed by atoms with E-state index >= 15 is 0 Å². The summed E-state index contributed by atoms with van der Waals surface area (Å²) in [7, 11) is 1.81. The van der Waals surface area contributed by atoms with E-state index in [0.29, 0.717) is 24.9 Å². The molecule has 0 radical (unpaired) electrons. The minimum absolute atomic E-state index is 0.209. The molecule has 0 aliphatic heterocycles. The van der Waals surface area contributed by atoms with Crippen LogP contribution < -0.4 is 21.1 Å². The van der Waals surface area contributed by atoms with Crippen LogP contribution in [0.4, 0.5) is 17.5 Å². The van der Waals surface area contributed by atoms with Crippen LogP contribution in [0.1, 0.15) is 22.8 Å². The first-order valence-corrected chi connectivity index (χ1v) is 8.44. The summed E-state index contributed by atoms with van der Waals surface area (Å²) in [4.78, 5) is 20.2. The number of benzene rings is 1. The van der Waals surface area contributed by atoms with E-state index in [4.69, 9.17) is 10.5 Å². The van der Waals surface area contributed by atoms with E-state index < -0.39 is 5.91 Å². The molecule has 140 valence electrons. The second kappa shape index (κ2) is 8.17. The van der Waals surface area contributed by atoms with Crippen molar-refractivity contribution in [2.24, 2.45) is 12.8 Å². The summed E-state index contributed by atoms with van der Waals surface area (Å²) >= 11 is 0. The molecule has 1 aromatic carbocycles. The third kappa shape index (κ3) is 4.51. The quantitative estimate of drug-likeness (QED) is 0.557. The second-order valence-electron chi connectivity index (χ2n) is 5.74. The SMILES string of the molecule is CCOc1ccccc1CNc1nc(Nc2cnn(C)c2)ncc1C(N)=O. The highest BCUT2D eigenvalue weighted by molar-refractivity contribution is 5.97. The Morgan fingerprint density at radius 3 is 2.81 bits per heavy atom. The number of ether oxygens (including phenoxy) is 1. The normalized spacial score (nSPS) is 10.4. The van der Waals surface area contributed by atoms with E-state index in [1.807, 2.05) is 38.2 Å². The zero-order valence-electron chi connectivity index (χ0n) is 15.1. The maximum absolute atomic E-state index is 11.7. The Morgan fingerprint density at radius 2 is 2.11 bits per heavy atom. The van der Waals surface area contributed by atoms with Crippen molar-refractivity contribution < 1.29 is 9.53 Å². The van der Waals surface area contributed by atoms with Crippen LogP contribution in [0.5, 0.6) is 5.75 Å². The maximum Gasteiger partial charge on any atom is 0.254 e. The van der Waals surface area contributed by atoms with Gasteiger partial charge in [0.15, 0.2) is 0 Å². The maximum atomic E-state index is 11.7. The van der Waals surface area contributed by atoms with Crippen LogP contribution in [0, 0.1) is 0 Å². The zero-order valence-corrected chi connectivity index (χ0v) is 15.1. The minimum Gasteiger partial charge on any atom is -0.494 e. The van der Waals surface area contributed by atoms with E-state index in [1.54, 1.807) is 17.1 Å². The van der Waals surface area contributed by atoms with Crippen molar-refractivity contribution in [3.63, 3.8) is 0 Å². The smallest absolute Gasteiger partial charge is 0.254 e. The molecule has 1 amide bonds. The highest BCUT2D eigenvalue weighted by Crippen LogP contribution is 2.21. The van der Waals surface area contributed by atoms with Crippen LogP contribution in [0.15, 0.2) is 42.9 Å². The van der Waals surface area contributed by atoms with E-state index in [2.05, 4.69) is 25.7 Å². The van der Waals surface area contributed by atoms with Crippen molar-refractivity contribution in [3.8, 4) is 5.75 Å². The molecule has 0 aliphatic rings. The molecule has 4 N–H and O–H groups in total. The number of para-hydroxylation sites is 1. The predicted octanol–water partition coefficient (Wildman–Crippen LogP) is 2.06. The summed E-state index contributed by atoms with van der Waals surface area (Å²) in [5.74, 6) is 0.836. The van der Waals surface area contributed by atoms with Gasteiger partial charge < -0.3 is 21.1 Å². The minimum atomic E-state index is -0.608. The fourth-order valence-electron chi connectivity index (χ4n) is 2.50. The third-order valence-corrected chi connectivity index (χ3v) is 3.73. The number of primary amides is 1. The summed E-state index contributed by atoms with van der Waals surface area (Å²) < 4.78 is 7.28. The van der Waals surface area contributed by atoms with Gasteiger partial charge in [-0.2, -0.15) is 10.1 Å². The van der Waals surface area contributed by atoms with Crippen molar-refractivity contribution in [3.05, 3.63) is 54.0 Å². The van der Waals surface area contributed by atoms with Crippen LogP contribution in [0.25, 0.3) is 0 Å². The average Bonchev–Trinajstić information content (AvgIpc) is 3.06. The first-order chi connectivity index (χ1) is 13.1. The number of anilines is 3. The Labute approximate surface area is 156 Å². The lowest BCUT2D eigenvalue weighted by molar-refractivity contribution is 0.100. The molecule has 2 aromatic heterocycles. The van der Waals surface area contributed by atoms with Gasteiger partial charge in [-0.25, -0.2) is 4.98 Å². The van der Waals surface area contributed by atoms with E-state index in [-0.39, 0.29) is 5.56 Å². The van der Waals surface area contributed by atoms with Gasteiger partial charge in [-0.05, 0) is 13.0 Å². The van der Waals surface area contributed by atoms with Gasteiger partial charge in [0.25, 0.3) is 5.91 Å². The molecule has 27 heavy (non-hydrogen) atoms. The van der Waals surface area contributed by atoms with Crippen molar-refractivity contribution in [1.82, 2.24) is 19.7 Å². The monoisotopic (exact) mass is 367 g/mol. The standard InChI is InChI=1S/C18H21N7O2/c1-3-27-15-7-5-4-6-12(15)8-20-17-14(16(19)26)10-21-18(24-17)23-13-9-22-25(2)11-13/h4-7,9-11H,3,8H2,1-2H3,(H2,19,26)(H2,20,21,23,24). The highest BCUT2D eigenvalue weighted by Gasteiger charge is 2.13. The van der Waals surface area contributed by atoms with Gasteiger partial charge >= 0.3 is 0 Å². The van der Waals surface area contributed by atoms with Crippen molar-refractivity contribution >= 4 is 23.4 Å². The van der Waals surface area contributed by atoms with Gasteiger partial charge in [-0.1, -0.05) is 18.2 Å². The van der Waals surface area contributed by atoms with Crippen LogP contribution in [-0.4, -0.2) is 32.3 Å². The van der Waals surface area contributed by atoms with Gasteiger partial charge in [0.1, 0.15) is 11.6 Å². The Morgan fingerprint density at radius 1 is 1.30 bits per heavy atom. The molecular weight excluding hydrogens is 346 g/mol. The molecule has 3 aromatic rings. The Kier molecular flexibility index (Phi) is 5.50. The van der Waals surface area contributed by atoms with Gasteiger partial charge in [-0.3, -0.25) is 9.48 Å². The number of hydrogen-bond acceptors (Lipinski definition) is 7. The molecule has 0 aliphatic carbocycles. The molecule has 0 saturated carbocycles. The number of hydrogen-bond donors (Lipinski definition) is 3. The number of aryl methyl sites for hydroxylation is 1. The van der Waals surface area contributed by atoms with Crippen molar-refractivity contribution in [1.29, 1.82) is 0 Å². The Balaban J connectivity index is 1.82. The number of carbonyl (C=O) groups is 1. The molecule has 9 nitrogen and oxygen atoms in total. The lowest BCUT2D eigenvalue weighted by atomic mass is 10.2. The molecule has 0 atom stereocenters. The largest absolute Gasteiger partial charge is 0.494 e. The summed E-state index contributed by atoms with van der Waals surface area (Å²) in [5.41, 5.74) is 7.33. The Hall–Kier alpha value is -3.62. The first-order valence-electron chi connectivity index (χ1n) is 8.44. The lowest BCUT2D eigenvalue weighted by Gasteiger charge is -2.13. The number of aromatic nitrogens is 4. The fraction of sp³-hybridized carbons (Fsp3) is 0.222. The number of carbonyl (C=O) groups excluding carboxylic acids is 1. The summed E-state index contributed by atoms with van der Waals surface area (Å²) in [6.07, 6.45) is 4.83. The summed E-state index contributed by atoms with van der Waals surface area (Å²) in [5, 5.41) is 10.3. The second-order valence-corrected chi connectivity index (χ2v) is 5.74. The van der Waals surface area contributed by atoms with Crippen LogP contribution in [0.3, 0.4) is 0 Å². The van der Waals surface area contributed by atoms with Crippen LogP contribution in [-0.2, 0) is 13.6 Å². The van der Waals surface area contributed by atoms with Gasteiger partial charge in [0.05, 0.1) is 24.1 Å². The van der Waals surface area contributed by atoms with Crippen molar-refractivity contribution in [2.45, 2.75) is 13.5 Å². The fourth-order valence-corrected chi connectivity index (χ4v) is 2.50. The number of nitrogens with zero attached hydrogens (tertiary/aromatic N) is 4. The van der Waals surface area contributed by atoms with Crippen LogP contribution >= 0.6 is 0 Å². The average molecular weight is 367 g/mol. The van der Waals surface area contributed by atoms with Crippen molar-refractivity contribution in [2.75, 3.05) is 17.2 Å². The molecule has 9 heteroatoms. The number of rotatable bonds is 8. The van der Waals surface area contributed by atoms with E-state index in [9.17, 15) is 4.79 Å². The molecule has 0 spiro atoms. The van der Waals surface area contributed by atoms with Crippen LogP contribution in [0.2, 0.25) is 0 Å². The molecule has 0 saturated heterocycles. The van der Waals surface area contributed by atoms with Gasteiger partial charge in [-0.15, -0.1) is 0 Å². The molecule has 3 rings (SSSR count). The van der Waals surface area contributed by atoms with Gasteiger partial charge in [0.2, 0.25) is 5.95 Å². The molecule has 0 unspecified atom stereocenters. The molecular formula is C18H21N7O2. The third-order valence-electron chi connectivity index (χ3n) is 3.73. The first kappa shape index (κ1) is 18.2. The topological polar surface area (TPSA) is 120 Å². The van der Waals surface area contributed by atoms with Gasteiger partial charge in [0, 0.05) is 31.5 Å². The molecule has 2 heterocycles. The lowest BCUT2D eigenvalue weighted by Crippen LogP contribution is -2.17. The zero-order chi connectivity index (χ0) is 19.2. The highest BCUT2D eigenvalue weighted by atomic mass is 16.5. The Bertz CT molecular complexity index is 939.